The predicted octanol–water partition coefficient (Wildman–Crippen LogP) is 3.69. The molecule has 1 aromatic heterocycles. The van der Waals surface area contributed by atoms with E-state index in [1.54, 1.807) is 30.5 Å². The second-order valence-corrected chi connectivity index (χ2v) is 3.48. The number of nitrogens with zero attached hydrogens (tertiary/aromatic N) is 1. The van der Waals surface area contributed by atoms with Crippen molar-refractivity contribution in [2.45, 2.75) is 0 Å². The van der Waals surface area contributed by atoms with Crippen LogP contribution in [0.2, 0.25) is 5.15 Å². The van der Waals surface area contributed by atoms with E-state index < -0.39 is 5.24 Å². The van der Waals surface area contributed by atoms with Crippen LogP contribution in [0.4, 0.5) is 0 Å². The highest BCUT2D eigenvalue weighted by Gasteiger charge is 2.08. The summed E-state index contributed by atoms with van der Waals surface area (Å²) in [4.78, 5) is 15.0. The van der Waals surface area contributed by atoms with Gasteiger partial charge < -0.3 is 0 Å². The lowest BCUT2D eigenvalue weighted by atomic mass is 10.1. The molecule has 2 nitrogen and oxygen atoms in total. The van der Waals surface area contributed by atoms with Gasteiger partial charge in [-0.2, -0.15) is 0 Å². The molecule has 1 heterocycles. The summed E-state index contributed by atoms with van der Waals surface area (Å²) in [6.45, 7) is 0. The maximum Gasteiger partial charge on any atom is 0.253 e. The van der Waals surface area contributed by atoms with Gasteiger partial charge in [0, 0.05) is 17.1 Å². The number of benzene rings is 1. The summed E-state index contributed by atoms with van der Waals surface area (Å²) in [6.07, 6.45) is 1.55. The quantitative estimate of drug-likeness (QED) is 0.579. The van der Waals surface area contributed by atoms with Crippen LogP contribution in [-0.2, 0) is 0 Å². The Balaban J connectivity index is 0.00000112. The lowest BCUT2D eigenvalue weighted by molar-refractivity contribution is 0.108. The molecule has 5 heteroatoms. The van der Waals surface area contributed by atoms with Crippen molar-refractivity contribution in [3.05, 3.63) is 41.2 Å². The average molecular weight is 263 g/mol. The highest BCUT2D eigenvalue weighted by atomic mass is 35.5. The molecule has 0 radical (unpaired) electrons. The Morgan fingerprint density at radius 3 is 2.60 bits per heavy atom. The van der Waals surface area contributed by atoms with Crippen LogP contribution >= 0.6 is 35.6 Å². The van der Waals surface area contributed by atoms with E-state index in [1.165, 1.54) is 0 Å². The highest BCUT2D eigenvalue weighted by Crippen LogP contribution is 2.24. The third kappa shape index (κ3) is 2.23. The molecule has 2 aromatic rings. The second-order valence-electron chi connectivity index (χ2n) is 2.78. The van der Waals surface area contributed by atoms with Gasteiger partial charge in [0.05, 0.1) is 0 Å². The molecule has 0 atom stereocenters. The molecule has 0 saturated carbocycles. The zero-order chi connectivity index (χ0) is 10.1. The van der Waals surface area contributed by atoms with E-state index in [-0.39, 0.29) is 12.4 Å². The number of carbonyl (C=O) groups excluding carboxylic acids is 1. The second kappa shape index (κ2) is 4.79. The third-order valence-corrected chi connectivity index (χ3v) is 2.47. The molecule has 0 aliphatic carbocycles. The van der Waals surface area contributed by atoms with Crippen molar-refractivity contribution in [1.82, 2.24) is 4.98 Å². The molecule has 0 aliphatic rings. The number of hydrogen-bond donors (Lipinski definition) is 0. The minimum atomic E-state index is -0.488. The number of halogens is 3. The highest BCUT2D eigenvalue weighted by molar-refractivity contribution is 6.68. The molecule has 2 rings (SSSR count). The summed E-state index contributed by atoms with van der Waals surface area (Å²) in [5.41, 5.74) is 0.452. The minimum Gasteiger partial charge on any atom is -0.276 e. The maximum absolute atomic E-state index is 11.1. The smallest absolute Gasteiger partial charge is 0.253 e. The predicted molar refractivity (Wildman–Crippen MR) is 64.2 cm³/mol. The molecular formula is C10H6Cl3NO. The van der Waals surface area contributed by atoms with Gasteiger partial charge in [-0.15, -0.1) is 12.4 Å². The van der Waals surface area contributed by atoms with Crippen molar-refractivity contribution >= 4 is 51.6 Å². The molecule has 0 aliphatic heterocycles. The van der Waals surface area contributed by atoms with E-state index in [1.807, 2.05) is 0 Å². The van der Waals surface area contributed by atoms with E-state index in [0.717, 1.165) is 10.8 Å². The van der Waals surface area contributed by atoms with E-state index in [4.69, 9.17) is 23.2 Å². The standard InChI is InChI=1S/C10H5Cl2NO.ClH/c11-9-7-2-1-3-8(10(12)14)6(7)4-5-13-9;/h1-5H;1H. The summed E-state index contributed by atoms with van der Waals surface area (Å²) in [6, 6.07) is 6.91. The van der Waals surface area contributed by atoms with Gasteiger partial charge in [0.15, 0.2) is 0 Å². The first kappa shape index (κ1) is 12.2. The number of fused-ring (bicyclic) bond motifs is 1. The molecule has 0 spiro atoms. The summed E-state index contributed by atoms with van der Waals surface area (Å²) in [5.74, 6) is 0. The molecule has 0 N–H and O–H groups in total. The number of aromatic nitrogens is 1. The Morgan fingerprint density at radius 2 is 1.93 bits per heavy atom. The van der Waals surface area contributed by atoms with Gasteiger partial charge in [0.2, 0.25) is 0 Å². The fourth-order valence-electron chi connectivity index (χ4n) is 1.34. The van der Waals surface area contributed by atoms with Gasteiger partial charge in [-0.1, -0.05) is 23.7 Å². The lowest BCUT2D eigenvalue weighted by Crippen LogP contribution is -1.91. The molecule has 1 aromatic carbocycles. The number of rotatable bonds is 1. The first-order chi connectivity index (χ1) is 6.70. The SMILES string of the molecule is Cl.O=C(Cl)c1cccc2c(Cl)nccc12. The number of carbonyl (C=O) groups is 1. The fraction of sp³-hybridized carbons (Fsp3) is 0. The van der Waals surface area contributed by atoms with E-state index in [2.05, 4.69) is 4.98 Å². The summed E-state index contributed by atoms with van der Waals surface area (Å²) >= 11 is 11.3. The van der Waals surface area contributed by atoms with Crippen LogP contribution in [0.25, 0.3) is 10.8 Å². The topological polar surface area (TPSA) is 30.0 Å². The normalized spacial score (nSPS) is 9.73. The molecule has 0 amide bonds. The van der Waals surface area contributed by atoms with Gasteiger partial charge in [0.25, 0.3) is 5.24 Å². The van der Waals surface area contributed by atoms with Crippen LogP contribution in [0.1, 0.15) is 10.4 Å². The molecular weight excluding hydrogens is 256 g/mol. The van der Waals surface area contributed by atoms with Crippen LogP contribution in [-0.4, -0.2) is 10.2 Å². The van der Waals surface area contributed by atoms with Crippen LogP contribution in [0.3, 0.4) is 0 Å². The Kier molecular flexibility index (Phi) is 3.91. The molecule has 0 unspecified atom stereocenters. The molecule has 0 fully saturated rings. The summed E-state index contributed by atoms with van der Waals surface area (Å²) in [5, 5.41) is 1.35. The Labute approximate surface area is 103 Å². The Bertz CT molecular complexity index is 513. The van der Waals surface area contributed by atoms with Crippen molar-refractivity contribution in [2.75, 3.05) is 0 Å². The van der Waals surface area contributed by atoms with Gasteiger partial charge in [-0.3, -0.25) is 4.79 Å². The van der Waals surface area contributed by atoms with Gasteiger partial charge in [-0.05, 0) is 29.1 Å². The van der Waals surface area contributed by atoms with Crippen molar-refractivity contribution in [3.63, 3.8) is 0 Å². The lowest BCUT2D eigenvalue weighted by Gasteiger charge is -2.02. The molecule has 15 heavy (non-hydrogen) atoms. The average Bonchev–Trinajstić information content (AvgIpc) is 2.17. The van der Waals surface area contributed by atoms with E-state index >= 15 is 0 Å². The molecule has 0 saturated heterocycles. The van der Waals surface area contributed by atoms with Crippen molar-refractivity contribution in [3.8, 4) is 0 Å². The number of pyridine rings is 1. The van der Waals surface area contributed by atoms with Gasteiger partial charge in [-0.25, -0.2) is 4.98 Å². The first-order valence-corrected chi connectivity index (χ1v) is 4.69. The maximum atomic E-state index is 11.1. The van der Waals surface area contributed by atoms with Crippen molar-refractivity contribution in [1.29, 1.82) is 0 Å². The summed E-state index contributed by atoms with van der Waals surface area (Å²) < 4.78 is 0. The Morgan fingerprint density at radius 1 is 1.20 bits per heavy atom. The zero-order valence-corrected chi connectivity index (χ0v) is 9.73. The van der Waals surface area contributed by atoms with Gasteiger partial charge in [0.1, 0.15) is 5.15 Å². The van der Waals surface area contributed by atoms with Crippen molar-refractivity contribution < 1.29 is 4.79 Å². The molecule has 78 valence electrons. The van der Waals surface area contributed by atoms with Crippen LogP contribution < -0.4 is 0 Å². The zero-order valence-electron chi connectivity index (χ0n) is 7.41. The molecule has 0 bridgehead atoms. The van der Waals surface area contributed by atoms with Crippen LogP contribution in [0, 0.1) is 0 Å². The third-order valence-electron chi connectivity index (χ3n) is 1.97. The van der Waals surface area contributed by atoms with Crippen LogP contribution in [0.5, 0.6) is 0 Å². The Hall–Kier alpha value is -0.830. The van der Waals surface area contributed by atoms with Gasteiger partial charge >= 0.3 is 0 Å². The van der Waals surface area contributed by atoms with Crippen LogP contribution in [0.15, 0.2) is 30.5 Å². The monoisotopic (exact) mass is 261 g/mol. The fourth-order valence-corrected chi connectivity index (χ4v) is 1.73. The largest absolute Gasteiger partial charge is 0.276 e. The van der Waals surface area contributed by atoms with E-state index in [9.17, 15) is 4.79 Å². The summed E-state index contributed by atoms with van der Waals surface area (Å²) in [7, 11) is 0. The first-order valence-electron chi connectivity index (χ1n) is 3.93. The minimum absolute atomic E-state index is 0. The van der Waals surface area contributed by atoms with E-state index in [0.29, 0.717) is 10.7 Å². The number of hydrogen-bond acceptors (Lipinski definition) is 2. The van der Waals surface area contributed by atoms with Crippen molar-refractivity contribution in [2.24, 2.45) is 0 Å².